The van der Waals surface area contributed by atoms with Crippen molar-refractivity contribution in [2.45, 2.75) is 18.8 Å². The van der Waals surface area contributed by atoms with E-state index in [1.54, 1.807) is 4.90 Å². The molecule has 0 heterocycles. The lowest BCUT2D eigenvalue weighted by Crippen LogP contribution is -2.24. The third kappa shape index (κ3) is 3.95. The van der Waals surface area contributed by atoms with Crippen molar-refractivity contribution in [3.8, 4) is 0 Å². The largest absolute Gasteiger partial charge is 0.349 e. The lowest BCUT2D eigenvalue weighted by atomic mass is 9.89. The van der Waals surface area contributed by atoms with Gasteiger partial charge in [0.15, 0.2) is 0 Å². The van der Waals surface area contributed by atoms with Gasteiger partial charge in [-0.3, -0.25) is 4.79 Å². The van der Waals surface area contributed by atoms with Crippen LogP contribution in [0.5, 0.6) is 0 Å². The van der Waals surface area contributed by atoms with Crippen LogP contribution in [0.2, 0.25) is 0 Å². The van der Waals surface area contributed by atoms with Crippen LogP contribution < -0.4 is 0 Å². The van der Waals surface area contributed by atoms with Crippen molar-refractivity contribution in [2.75, 3.05) is 14.1 Å². The van der Waals surface area contributed by atoms with Crippen LogP contribution in [-0.4, -0.2) is 24.9 Å². The van der Waals surface area contributed by atoms with Crippen LogP contribution in [0.25, 0.3) is 0 Å². The van der Waals surface area contributed by atoms with Gasteiger partial charge in [0.1, 0.15) is 0 Å². The van der Waals surface area contributed by atoms with Gasteiger partial charge in [-0.2, -0.15) is 0 Å². The molecule has 0 aliphatic rings. The van der Waals surface area contributed by atoms with Crippen molar-refractivity contribution < 1.29 is 4.79 Å². The van der Waals surface area contributed by atoms with E-state index >= 15 is 0 Å². The highest BCUT2D eigenvalue weighted by atomic mass is 16.2. The van der Waals surface area contributed by atoms with Crippen molar-refractivity contribution in [3.63, 3.8) is 0 Å². The van der Waals surface area contributed by atoms with Gasteiger partial charge < -0.3 is 4.90 Å². The lowest BCUT2D eigenvalue weighted by molar-refractivity contribution is -0.129. The van der Waals surface area contributed by atoms with Gasteiger partial charge in [-0.1, -0.05) is 60.7 Å². The number of hydrogen-bond acceptors (Lipinski definition) is 1. The molecule has 2 nitrogen and oxygen atoms in total. The molecule has 0 bridgehead atoms. The number of rotatable bonds is 5. The molecule has 0 aliphatic heterocycles. The monoisotopic (exact) mass is 267 g/mol. The van der Waals surface area contributed by atoms with Gasteiger partial charge in [0.05, 0.1) is 0 Å². The molecule has 0 saturated carbocycles. The molecular weight excluding hydrogens is 246 g/mol. The minimum absolute atomic E-state index is 0.176. The summed E-state index contributed by atoms with van der Waals surface area (Å²) in [6.07, 6.45) is 1.44. The molecule has 1 amide bonds. The fourth-order valence-corrected chi connectivity index (χ4v) is 2.33. The summed E-state index contributed by atoms with van der Waals surface area (Å²) in [7, 11) is 3.62. The average Bonchev–Trinajstić information content (AvgIpc) is 2.48. The summed E-state index contributed by atoms with van der Waals surface area (Å²) in [6, 6.07) is 20.7. The lowest BCUT2D eigenvalue weighted by Gasteiger charge is -2.19. The van der Waals surface area contributed by atoms with Crippen LogP contribution in [0.1, 0.15) is 23.5 Å². The Morgan fingerprint density at radius 3 is 2.05 bits per heavy atom. The highest BCUT2D eigenvalue weighted by Crippen LogP contribution is 2.24. The van der Waals surface area contributed by atoms with Crippen LogP contribution >= 0.6 is 0 Å². The third-order valence-corrected chi connectivity index (χ3v) is 3.52. The fourth-order valence-electron chi connectivity index (χ4n) is 2.33. The van der Waals surface area contributed by atoms with Crippen LogP contribution in [0.4, 0.5) is 0 Å². The molecule has 104 valence electrons. The zero-order chi connectivity index (χ0) is 14.4. The number of amides is 1. The maximum absolute atomic E-state index is 12.0. The number of carbonyl (C=O) groups is 1. The Morgan fingerprint density at radius 1 is 0.950 bits per heavy atom. The van der Waals surface area contributed by atoms with E-state index < -0.39 is 0 Å². The summed E-state index contributed by atoms with van der Waals surface area (Å²) in [5.41, 5.74) is 2.50. The smallest absolute Gasteiger partial charge is 0.222 e. The molecule has 2 aromatic rings. The van der Waals surface area contributed by atoms with Crippen molar-refractivity contribution in [1.29, 1.82) is 0 Å². The summed E-state index contributed by atoms with van der Waals surface area (Å²) in [5.74, 6) is 0.406. The van der Waals surface area contributed by atoms with E-state index in [-0.39, 0.29) is 11.8 Å². The van der Waals surface area contributed by atoms with E-state index in [0.29, 0.717) is 6.42 Å². The molecule has 0 spiro atoms. The molecule has 20 heavy (non-hydrogen) atoms. The molecule has 0 N–H and O–H groups in total. The van der Waals surface area contributed by atoms with Crippen LogP contribution in [0.3, 0.4) is 0 Å². The van der Waals surface area contributed by atoms with E-state index in [9.17, 15) is 4.79 Å². The summed E-state index contributed by atoms with van der Waals surface area (Å²) < 4.78 is 0. The first-order valence-corrected chi connectivity index (χ1v) is 6.96. The number of benzene rings is 2. The van der Waals surface area contributed by atoms with Crippen molar-refractivity contribution >= 4 is 5.91 Å². The topological polar surface area (TPSA) is 20.3 Å². The van der Waals surface area contributed by atoms with Crippen LogP contribution in [-0.2, 0) is 11.2 Å². The predicted molar refractivity (Wildman–Crippen MR) is 82.6 cm³/mol. The van der Waals surface area contributed by atoms with Gasteiger partial charge in [-0.05, 0) is 23.5 Å². The fraction of sp³-hybridized carbons (Fsp3) is 0.278. The molecular formula is C18H21NO. The highest BCUT2D eigenvalue weighted by Gasteiger charge is 2.17. The second-order valence-corrected chi connectivity index (χ2v) is 5.29. The Bertz CT molecular complexity index is 534. The molecule has 0 fully saturated rings. The molecule has 0 radical (unpaired) electrons. The Kier molecular flexibility index (Phi) is 4.94. The summed E-state index contributed by atoms with van der Waals surface area (Å²) in [4.78, 5) is 13.7. The van der Waals surface area contributed by atoms with E-state index in [2.05, 4.69) is 24.3 Å². The second-order valence-electron chi connectivity index (χ2n) is 5.29. The minimum atomic E-state index is 0.176. The number of hydrogen-bond donors (Lipinski definition) is 0. The molecule has 0 aliphatic carbocycles. The van der Waals surface area contributed by atoms with E-state index in [1.165, 1.54) is 11.1 Å². The summed E-state index contributed by atoms with van der Waals surface area (Å²) in [6.45, 7) is 0. The van der Waals surface area contributed by atoms with Gasteiger partial charge in [0, 0.05) is 20.5 Å². The van der Waals surface area contributed by atoms with Crippen molar-refractivity contribution in [2.24, 2.45) is 0 Å². The molecule has 0 saturated heterocycles. The second kappa shape index (κ2) is 6.90. The zero-order valence-corrected chi connectivity index (χ0v) is 12.1. The van der Waals surface area contributed by atoms with Gasteiger partial charge >= 0.3 is 0 Å². The first-order valence-electron chi connectivity index (χ1n) is 6.96. The number of carbonyl (C=O) groups excluding carboxylic acids is 1. The van der Waals surface area contributed by atoms with Gasteiger partial charge in [0.25, 0.3) is 0 Å². The minimum Gasteiger partial charge on any atom is -0.349 e. The average molecular weight is 267 g/mol. The van der Waals surface area contributed by atoms with E-state index in [1.807, 2.05) is 50.5 Å². The summed E-state index contributed by atoms with van der Waals surface area (Å²) >= 11 is 0. The Balaban J connectivity index is 2.18. The summed E-state index contributed by atoms with van der Waals surface area (Å²) in [5, 5.41) is 0. The Hall–Kier alpha value is -2.09. The van der Waals surface area contributed by atoms with Gasteiger partial charge in [0.2, 0.25) is 5.91 Å². The van der Waals surface area contributed by atoms with Gasteiger partial charge in [-0.15, -0.1) is 0 Å². The maximum Gasteiger partial charge on any atom is 0.222 e. The SMILES string of the molecule is CN(C)C(=O)CC(Cc1ccccc1)c1ccccc1. The molecule has 2 heteroatoms. The number of nitrogens with zero attached hydrogens (tertiary/aromatic N) is 1. The zero-order valence-electron chi connectivity index (χ0n) is 12.1. The predicted octanol–water partition coefficient (Wildman–Crippen LogP) is 3.49. The quantitative estimate of drug-likeness (QED) is 0.812. The Morgan fingerprint density at radius 2 is 1.50 bits per heavy atom. The molecule has 2 rings (SSSR count). The molecule has 1 atom stereocenters. The maximum atomic E-state index is 12.0. The van der Waals surface area contributed by atoms with E-state index in [4.69, 9.17) is 0 Å². The van der Waals surface area contributed by atoms with Gasteiger partial charge in [-0.25, -0.2) is 0 Å². The first-order chi connectivity index (χ1) is 9.66. The van der Waals surface area contributed by atoms with Crippen LogP contribution in [0, 0.1) is 0 Å². The molecule has 1 unspecified atom stereocenters. The normalized spacial score (nSPS) is 11.9. The Labute approximate surface area is 121 Å². The first kappa shape index (κ1) is 14.3. The molecule has 0 aromatic heterocycles. The van der Waals surface area contributed by atoms with Crippen molar-refractivity contribution in [3.05, 3.63) is 71.8 Å². The van der Waals surface area contributed by atoms with E-state index in [0.717, 1.165) is 6.42 Å². The van der Waals surface area contributed by atoms with Crippen molar-refractivity contribution in [1.82, 2.24) is 4.90 Å². The molecule has 2 aromatic carbocycles. The standard InChI is InChI=1S/C18H21NO/c1-19(2)18(20)14-17(16-11-7-4-8-12-16)13-15-9-5-3-6-10-15/h3-12,17H,13-14H2,1-2H3. The van der Waals surface area contributed by atoms with Crippen LogP contribution in [0.15, 0.2) is 60.7 Å². The third-order valence-electron chi connectivity index (χ3n) is 3.52. The highest BCUT2D eigenvalue weighted by molar-refractivity contribution is 5.76.